The summed E-state index contributed by atoms with van der Waals surface area (Å²) >= 11 is 0. The highest BCUT2D eigenvalue weighted by molar-refractivity contribution is 7.89. The van der Waals surface area contributed by atoms with Crippen LogP contribution >= 0.6 is 0 Å². The summed E-state index contributed by atoms with van der Waals surface area (Å²) in [6, 6.07) is 16.6. The molecule has 2 N–H and O–H groups in total. The molecule has 0 unspecified atom stereocenters. The van der Waals surface area contributed by atoms with Crippen LogP contribution in [0.15, 0.2) is 59.5 Å². The number of hydrogen-bond acceptors (Lipinski definition) is 4. The minimum Gasteiger partial charge on any atom is -0.373 e. The molecule has 3 rings (SSSR count). The SMILES string of the molecule is O=S1(=O)N[C@H](COCc2ccccc2)Nc2ccccc21. The molecule has 110 valence electrons. The van der Waals surface area contributed by atoms with Crippen molar-refractivity contribution >= 4 is 15.7 Å². The second-order valence-electron chi connectivity index (χ2n) is 4.82. The fraction of sp³-hybridized carbons (Fsp3) is 0.200. The number of benzene rings is 2. The van der Waals surface area contributed by atoms with Crippen LogP contribution in [0.2, 0.25) is 0 Å². The van der Waals surface area contributed by atoms with Crippen LogP contribution in [-0.2, 0) is 21.4 Å². The summed E-state index contributed by atoms with van der Waals surface area (Å²) < 4.78 is 32.4. The number of anilines is 1. The van der Waals surface area contributed by atoms with Gasteiger partial charge in [0.1, 0.15) is 11.1 Å². The molecular weight excluding hydrogens is 288 g/mol. The Morgan fingerprint density at radius 2 is 1.71 bits per heavy atom. The Balaban J connectivity index is 1.64. The zero-order chi connectivity index (χ0) is 14.7. The molecule has 0 bridgehead atoms. The molecule has 0 saturated heterocycles. The molecule has 2 aromatic carbocycles. The Morgan fingerprint density at radius 3 is 2.52 bits per heavy atom. The lowest BCUT2D eigenvalue weighted by Crippen LogP contribution is -2.47. The summed E-state index contributed by atoms with van der Waals surface area (Å²) in [4.78, 5) is 0.268. The minimum atomic E-state index is -3.48. The predicted octanol–water partition coefficient (Wildman–Crippen LogP) is 1.93. The van der Waals surface area contributed by atoms with Gasteiger partial charge in [0.25, 0.3) is 0 Å². The van der Waals surface area contributed by atoms with E-state index in [0.29, 0.717) is 12.3 Å². The van der Waals surface area contributed by atoms with Gasteiger partial charge in [-0.25, -0.2) is 8.42 Å². The van der Waals surface area contributed by atoms with Crippen LogP contribution in [-0.4, -0.2) is 21.2 Å². The van der Waals surface area contributed by atoms with Crippen LogP contribution in [0, 0.1) is 0 Å². The number of ether oxygens (including phenoxy) is 1. The van der Waals surface area contributed by atoms with Gasteiger partial charge in [-0.2, -0.15) is 4.72 Å². The van der Waals surface area contributed by atoms with Crippen LogP contribution in [0.3, 0.4) is 0 Å². The van der Waals surface area contributed by atoms with Crippen LogP contribution in [0.1, 0.15) is 5.56 Å². The average molecular weight is 304 g/mol. The first-order chi connectivity index (χ1) is 10.1. The van der Waals surface area contributed by atoms with Crippen molar-refractivity contribution in [3.05, 3.63) is 60.2 Å². The van der Waals surface area contributed by atoms with Crippen LogP contribution in [0.4, 0.5) is 5.69 Å². The van der Waals surface area contributed by atoms with Gasteiger partial charge in [0.2, 0.25) is 10.0 Å². The van der Waals surface area contributed by atoms with Crippen LogP contribution in [0.25, 0.3) is 0 Å². The van der Waals surface area contributed by atoms with Gasteiger partial charge >= 0.3 is 0 Å². The average Bonchev–Trinajstić information content (AvgIpc) is 2.48. The summed E-state index contributed by atoms with van der Waals surface area (Å²) in [6.07, 6.45) is -0.464. The third kappa shape index (κ3) is 3.24. The molecule has 21 heavy (non-hydrogen) atoms. The number of nitrogens with one attached hydrogen (secondary N) is 2. The zero-order valence-corrected chi connectivity index (χ0v) is 12.1. The van der Waals surface area contributed by atoms with E-state index in [1.165, 1.54) is 0 Å². The quantitative estimate of drug-likeness (QED) is 0.906. The second kappa shape index (κ2) is 5.85. The Morgan fingerprint density at radius 1 is 1.00 bits per heavy atom. The summed E-state index contributed by atoms with van der Waals surface area (Å²) in [5, 5.41) is 3.12. The lowest BCUT2D eigenvalue weighted by molar-refractivity contribution is 0.109. The lowest BCUT2D eigenvalue weighted by atomic mass is 10.2. The first kappa shape index (κ1) is 14.1. The van der Waals surface area contributed by atoms with Crippen molar-refractivity contribution in [3.8, 4) is 0 Å². The molecule has 1 heterocycles. The van der Waals surface area contributed by atoms with Gasteiger partial charge < -0.3 is 10.1 Å². The number of fused-ring (bicyclic) bond motifs is 1. The summed E-state index contributed by atoms with van der Waals surface area (Å²) in [6.45, 7) is 0.699. The van der Waals surface area contributed by atoms with Gasteiger partial charge in [-0.1, -0.05) is 42.5 Å². The molecule has 0 aromatic heterocycles. The van der Waals surface area contributed by atoms with E-state index in [1.807, 2.05) is 30.3 Å². The van der Waals surface area contributed by atoms with Gasteiger partial charge in [-0.05, 0) is 17.7 Å². The molecule has 0 aliphatic carbocycles. The number of sulfonamides is 1. The topological polar surface area (TPSA) is 67.4 Å². The molecule has 2 aromatic rings. The van der Waals surface area contributed by atoms with Crippen molar-refractivity contribution in [1.29, 1.82) is 0 Å². The largest absolute Gasteiger partial charge is 0.373 e. The predicted molar refractivity (Wildman–Crippen MR) is 80.3 cm³/mol. The van der Waals surface area contributed by atoms with Crippen molar-refractivity contribution in [3.63, 3.8) is 0 Å². The Bertz CT molecular complexity index is 717. The Labute approximate surface area is 124 Å². The lowest BCUT2D eigenvalue weighted by Gasteiger charge is -2.27. The van der Waals surface area contributed by atoms with Crippen molar-refractivity contribution in [2.45, 2.75) is 17.7 Å². The van der Waals surface area contributed by atoms with E-state index in [9.17, 15) is 8.42 Å². The number of rotatable bonds is 4. The highest BCUT2D eigenvalue weighted by atomic mass is 32.2. The van der Waals surface area contributed by atoms with Crippen LogP contribution in [0.5, 0.6) is 0 Å². The molecule has 1 aliphatic heterocycles. The monoisotopic (exact) mass is 304 g/mol. The fourth-order valence-corrected chi connectivity index (χ4v) is 3.54. The summed E-state index contributed by atoms with van der Waals surface area (Å²) in [5.74, 6) is 0. The van der Waals surface area contributed by atoms with Gasteiger partial charge in [-0.3, -0.25) is 0 Å². The third-order valence-corrected chi connectivity index (χ3v) is 4.73. The molecule has 6 heteroatoms. The Hall–Kier alpha value is -1.89. The van der Waals surface area contributed by atoms with Crippen molar-refractivity contribution in [2.75, 3.05) is 11.9 Å². The minimum absolute atomic E-state index is 0.252. The van der Waals surface area contributed by atoms with E-state index in [1.54, 1.807) is 24.3 Å². The van der Waals surface area contributed by atoms with E-state index >= 15 is 0 Å². The zero-order valence-electron chi connectivity index (χ0n) is 11.3. The standard InChI is InChI=1S/C15H16N2O3S/c18-21(19)14-9-5-4-8-13(14)16-15(17-21)11-20-10-12-6-2-1-3-7-12/h1-9,15-17H,10-11H2/t15-/m1/s1. The fourth-order valence-electron chi connectivity index (χ4n) is 2.23. The summed E-state index contributed by atoms with van der Waals surface area (Å²) in [7, 11) is -3.48. The normalized spacial score (nSPS) is 19.5. The molecule has 0 radical (unpaired) electrons. The van der Waals surface area contributed by atoms with E-state index in [4.69, 9.17) is 4.74 Å². The first-order valence-electron chi connectivity index (χ1n) is 6.65. The molecule has 0 amide bonds. The molecule has 0 fully saturated rings. The van der Waals surface area contributed by atoms with Crippen molar-refractivity contribution in [2.24, 2.45) is 0 Å². The van der Waals surface area contributed by atoms with E-state index in [0.717, 1.165) is 5.56 Å². The van der Waals surface area contributed by atoms with Crippen molar-refractivity contribution < 1.29 is 13.2 Å². The maximum absolute atomic E-state index is 12.1. The maximum atomic E-state index is 12.1. The molecule has 0 spiro atoms. The smallest absolute Gasteiger partial charge is 0.244 e. The second-order valence-corrected chi connectivity index (χ2v) is 6.50. The van der Waals surface area contributed by atoms with E-state index in [2.05, 4.69) is 10.0 Å². The Kier molecular flexibility index (Phi) is 3.92. The van der Waals surface area contributed by atoms with Gasteiger partial charge in [0.15, 0.2) is 0 Å². The van der Waals surface area contributed by atoms with Gasteiger partial charge in [0, 0.05) is 0 Å². The highest BCUT2D eigenvalue weighted by Gasteiger charge is 2.28. The molecule has 5 nitrogen and oxygen atoms in total. The van der Waals surface area contributed by atoms with E-state index < -0.39 is 16.2 Å². The number of hydrogen-bond donors (Lipinski definition) is 2. The van der Waals surface area contributed by atoms with E-state index in [-0.39, 0.29) is 11.5 Å². The number of para-hydroxylation sites is 1. The molecule has 1 aliphatic rings. The third-order valence-electron chi connectivity index (χ3n) is 3.20. The van der Waals surface area contributed by atoms with Crippen LogP contribution < -0.4 is 10.0 Å². The first-order valence-corrected chi connectivity index (χ1v) is 8.13. The van der Waals surface area contributed by atoms with Crippen molar-refractivity contribution in [1.82, 2.24) is 4.72 Å². The maximum Gasteiger partial charge on any atom is 0.244 e. The highest BCUT2D eigenvalue weighted by Crippen LogP contribution is 2.25. The molecular formula is C15H16N2O3S. The van der Waals surface area contributed by atoms with Gasteiger partial charge in [0.05, 0.1) is 18.9 Å². The molecule has 0 saturated carbocycles. The van der Waals surface area contributed by atoms with Gasteiger partial charge in [-0.15, -0.1) is 0 Å². The molecule has 1 atom stereocenters. The summed E-state index contributed by atoms with van der Waals surface area (Å²) in [5.41, 5.74) is 1.65.